The van der Waals surface area contributed by atoms with E-state index in [1.165, 1.54) is 19.3 Å². The van der Waals surface area contributed by atoms with Crippen LogP contribution in [0.1, 0.15) is 44.9 Å². The third kappa shape index (κ3) is 5.04. The molecular formula is C12H14Br10. The first-order valence-corrected chi connectivity index (χ1v) is 14.5. The van der Waals surface area contributed by atoms with Crippen molar-refractivity contribution in [1.82, 2.24) is 0 Å². The Morgan fingerprint density at radius 1 is 0.364 bits per heavy atom. The highest BCUT2D eigenvalue weighted by Gasteiger charge is 2.69. The lowest BCUT2D eigenvalue weighted by Gasteiger charge is -2.52. The van der Waals surface area contributed by atoms with Crippen molar-refractivity contribution in [3.63, 3.8) is 0 Å². The van der Waals surface area contributed by atoms with E-state index in [-0.39, 0.29) is 6.47 Å². The molecule has 0 unspecified atom stereocenters. The van der Waals surface area contributed by atoms with Crippen LogP contribution >= 0.6 is 159 Å². The van der Waals surface area contributed by atoms with Crippen LogP contribution < -0.4 is 0 Å². The Kier molecular flexibility index (Phi) is 10.3. The second kappa shape index (κ2) is 9.08. The summed E-state index contributed by atoms with van der Waals surface area (Å²) in [7, 11) is 0. The number of hydrogen-bond donors (Lipinski definition) is 0. The maximum Gasteiger partial charge on any atom is 0.135 e. The van der Waals surface area contributed by atoms with Crippen LogP contribution in [0.2, 0.25) is 0 Å². The molecule has 1 fully saturated rings. The summed E-state index contributed by atoms with van der Waals surface area (Å²) >= 11 is 38.7. The molecule has 0 N–H and O–H groups in total. The van der Waals surface area contributed by atoms with Gasteiger partial charge in [-0.05, 0) is 12.8 Å². The lowest BCUT2D eigenvalue weighted by molar-refractivity contribution is 0.500. The minimum absolute atomic E-state index is 0.359. The summed E-state index contributed by atoms with van der Waals surface area (Å²) in [6, 6.07) is 0. The predicted octanol–water partition coefficient (Wildman–Crippen LogP) is 10.2. The largest absolute Gasteiger partial charge is 0.135 e. The number of halogens is 10. The van der Waals surface area contributed by atoms with Gasteiger partial charge in [-0.15, -0.1) is 0 Å². The maximum atomic E-state index is 3.89. The van der Waals surface area contributed by atoms with Crippen molar-refractivity contribution in [2.45, 2.75) is 61.1 Å². The molecule has 0 amide bonds. The Morgan fingerprint density at radius 2 is 0.636 bits per heavy atom. The van der Waals surface area contributed by atoms with Crippen LogP contribution in [-0.4, -0.2) is 16.2 Å². The van der Waals surface area contributed by atoms with Crippen LogP contribution in [0.3, 0.4) is 0 Å². The standard InChI is InChI=1S/C12H14Br10/c13-8(14)6-4-2-1-3-5-7-9(15,16)11(19,20)12(21,22)10(8,17)18/h1-7H2. The van der Waals surface area contributed by atoms with Crippen molar-refractivity contribution >= 4 is 159 Å². The molecule has 0 bridgehead atoms. The zero-order valence-corrected chi connectivity index (χ0v) is 27.1. The number of hydrogen-bond acceptors (Lipinski definition) is 0. The van der Waals surface area contributed by atoms with E-state index in [9.17, 15) is 0 Å². The van der Waals surface area contributed by atoms with E-state index in [0.717, 1.165) is 25.7 Å². The second-order valence-electron chi connectivity index (χ2n) is 5.40. The Morgan fingerprint density at radius 3 is 0.955 bits per heavy atom. The fourth-order valence-electron chi connectivity index (χ4n) is 2.19. The molecule has 0 saturated heterocycles. The molecule has 0 aromatic rings. The molecule has 1 rings (SSSR count). The van der Waals surface area contributed by atoms with Gasteiger partial charge >= 0.3 is 0 Å². The average molecular weight is 957 g/mol. The molecule has 0 aromatic carbocycles. The normalized spacial score (nSPS) is 30.8. The minimum Gasteiger partial charge on any atom is -0.0701 e. The van der Waals surface area contributed by atoms with E-state index >= 15 is 0 Å². The molecule has 1 aliphatic rings. The average Bonchev–Trinajstić information content (AvgIpc) is 2.35. The highest BCUT2D eigenvalue weighted by Crippen LogP contribution is 2.72. The van der Waals surface area contributed by atoms with Crippen LogP contribution in [0.5, 0.6) is 0 Å². The van der Waals surface area contributed by atoms with Crippen molar-refractivity contribution < 1.29 is 0 Å². The Bertz CT molecular complexity index is 353. The smallest absolute Gasteiger partial charge is 0.0701 e. The Labute approximate surface area is 216 Å². The van der Waals surface area contributed by atoms with Gasteiger partial charge in [0.25, 0.3) is 0 Å². The van der Waals surface area contributed by atoms with Gasteiger partial charge in [-0.2, -0.15) is 0 Å². The molecule has 1 aliphatic carbocycles. The van der Waals surface area contributed by atoms with Crippen molar-refractivity contribution in [1.29, 1.82) is 0 Å². The molecule has 1 saturated carbocycles. The molecule has 0 heterocycles. The molecule has 22 heavy (non-hydrogen) atoms. The first-order chi connectivity index (χ1) is 9.71. The van der Waals surface area contributed by atoms with E-state index in [1.54, 1.807) is 0 Å². The number of rotatable bonds is 0. The van der Waals surface area contributed by atoms with E-state index < -0.39 is 9.70 Å². The summed E-state index contributed by atoms with van der Waals surface area (Å²) < 4.78 is -2.44. The molecule has 0 radical (unpaired) electrons. The fourth-order valence-corrected chi connectivity index (χ4v) is 11.0. The SMILES string of the molecule is BrC1(Br)CCCCCCCC(Br)(Br)C(Br)(Br)C(Br)(Br)C1(Br)Br. The van der Waals surface area contributed by atoms with Gasteiger partial charge in [0, 0.05) is 0 Å². The zero-order valence-electron chi connectivity index (χ0n) is 11.2. The highest BCUT2D eigenvalue weighted by atomic mass is 79.9. The van der Waals surface area contributed by atoms with Gasteiger partial charge in [0.1, 0.15) is 16.2 Å². The molecule has 0 spiro atoms. The quantitative estimate of drug-likeness (QED) is 0.212. The van der Waals surface area contributed by atoms with Crippen molar-refractivity contribution in [3.8, 4) is 0 Å². The molecule has 0 aliphatic heterocycles. The summed E-state index contributed by atoms with van der Waals surface area (Å²) in [6.07, 6.45) is 7.96. The number of alkyl halides is 10. The Hall–Kier alpha value is 4.80. The fraction of sp³-hybridized carbons (Fsp3) is 1.00. The van der Waals surface area contributed by atoms with Crippen molar-refractivity contribution in [2.75, 3.05) is 0 Å². The monoisotopic (exact) mass is 947 g/mol. The van der Waals surface area contributed by atoms with Gasteiger partial charge in [-0.3, -0.25) is 0 Å². The van der Waals surface area contributed by atoms with Crippen LogP contribution in [-0.2, 0) is 0 Å². The maximum absolute atomic E-state index is 3.89. The summed E-state index contributed by atoms with van der Waals surface area (Å²) in [5.41, 5.74) is 0. The lowest BCUT2D eigenvalue weighted by Crippen LogP contribution is -2.60. The topological polar surface area (TPSA) is 0 Å². The third-order valence-electron chi connectivity index (χ3n) is 3.69. The zero-order chi connectivity index (χ0) is 17.4. The van der Waals surface area contributed by atoms with Gasteiger partial charge in [-0.25, -0.2) is 0 Å². The van der Waals surface area contributed by atoms with Crippen LogP contribution in [0.4, 0.5) is 0 Å². The van der Waals surface area contributed by atoms with E-state index in [0.29, 0.717) is 0 Å². The first kappa shape index (κ1) is 24.8. The highest BCUT2D eigenvalue weighted by molar-refractivity contribution is 9.35. The molecule has 0 nitrogen and oxygen atoms in total. The lowest BCUT2D eigenvalue weighted by atomic mass is 10.00. The van der Waals surface area contributed by atoms with Gasteiger partial charge in [0.05, 0.1) is 0 Å². The van der Waals surface area contributed by atoms with E-state index in [4.69, 9.17) is 0 Å². The summed E-state index contributed by atoms with van der Waals surface area (Å²) in [6.45, 7) is 0. The van der Waals surface area contributed by atoms with E-state index in [2.05, 4.69) is 159 Å². The first-order valence-electron chi connectivity index (χ1n) is 6.60. The predicted molar refractivity (Wildman–Crippen MR) is 135 cm³/mol. The van der Waals surface area contributed by atoms with Crippen molar-refractivity contribution in [2.24, 2.45) is 0 Å². The molecule has 0 aromatic heterocycles. The van der Waals surface area contributed by atoms with Crippen molar-refractivity contribution in [3.05, 3.63) is 0 Å². The van der Waals surface area contributed by atoms with Gasteiger partial charge < -0.3 is 0 Å². The van der Waals surface area contributed by atoms with Gasteiger partial charge in [-0.1, -0.05) is 191 Å². The second-order valence-corrected chi connectivity index (χ2v) is 23.3. The van der Waals surface area contributed by atoms with Crippen LogP contribution in [0.15, 0.2) is 0 Å². The third-order valence-corrected chi connectivity index (χ3v) is 23.6. The summed E-state index contributed by atoms with van der Waals surface area (Å²) in [5, 5.41) is 0. The summed E-state index contributed by atoms with van der Waals surface area (Å²) in [5.74, 6) is 0. The van der Waals surface area contributed by atoms with E-state index in [1.807, 2.05) is 0 Å². The van der Waals surface area contributed by atoms with Gasteiger partial charge in [0.2, 0.25) is 0 Å². The molecule has 10 heteroatoms. The van der Waals surface area contributed by atoms with Crippen LogP contribution in [0, 0.1) is 0 Å². The van der Waals surface area contributed by atoms with Gasteiger partial charge in [0.15, 0.2) is 0 Å². The minimum atomic E-state index is -0.612. The molecular weight excluding hydrogens is 943 g/mol. The molecule has 0 atom stereocenters. The Balaban J connectivity index is 3.34. The molecule has 132 valence electrons. The summed E-state index contributed by atoms with van der Waals surface area (Å²) in [4.78, 5) is 0. The van der Waals surface area contributed by atoms with Crippen LogP contribution in [0.25, 0.3) is 0 Å².